The quantitative estimate of drug-likeness (QED) is 0.772. The van der Waals surface area contributed by atoms with Gasteiger partial charge in [-0.2, -0.15) is 0 Å². The monoisotopic (exact) mass is 250 g/mol. The third-order valence-electron chi connectivity index (χ3n) is 2.53. The Morgan fingerprint density at radius 3 is 3.06 bits per heavy atom. The summed E-state index contributed by atoms with van der Waals surface area (Å²) in [6, 6.07) is 4.46. The molecule has 18 heavy (non-hydrogen) atoms. The maximum atomic E-state index is 11.4. The Balaban J connectivity index is 2.16. The molecule has 0 aliphatic carbocycles. The van der Waals surface area contributed by atoms with Gasteiger partial charge < -0.3 is 14.9 Å². The van der Waals surface area contributed by atoms with Crippen molar-refractivity contribution in [3.63, 3.8) is 0 Å². The molecule has 0 amide bonds. The van der Waals surface area contributed by atoms with Gasteiger partial charge in [-0.3, -0.25) is 9.78 Å². The highest BCUT2D eigenvalue weighted by Crippen LogP contribution is 2.13. The zero-order valence-electron chi connectivity index (χ0n) is 9.93. The first-order valence-corrected chi connectivity index (χ1v) is 5.64. The van der Waals surface area contributed by atoms with E-state index in [1.54, 1.807) is 25.1 Å². The Kier molecular flexibility index (Phi) is 3.47. The van der Waals surface area contributed by atoms with Crippen molar-refractivity contribution >= 4 is 17.1 Å². The number of fused-ring (bicyclic) bond motifs is 1. The topological polar surface area (TPSA) is 98.3 Å². The summed E-state index contributed by atoms with van der Waals surface area (Å²) in [4.78, 5) is 24.9. The molecule has 0 fully saturated rings. The van der Waals surface area contributed by atoms with Gasteiger partial charge in [0.15, 0.2) is 5.58 Å². The van der Waals surface area contributed by atoms with Gasteiger partial charge in [0.25, 0.3) is 0 Å². The maximum absolute atomic E-state index is 11.4. The zero-order chi connectivity index (χ0) is 13.1. The summed E-state index contributed by atoms with van der Waals surface area (Å²) >= 11 is 0. The number of nitrogens with two attached hydrogens (primary N) is 1. The number of hydrogen-bond acceptors (Lipinski definition) is 5. The minimum absolute atomic E-state index is 0.306. The van der Waals surface area contributed by atoms with Crippen molar-refractivity contribution in [3.8, 4) is 0 Å². The first-order valence-electron chi connectivity index (χ1n) is 5.64. The van der Waals surface area contributed by atoms with E-state index < -0.39 is 17.8 Å². The molecule has 6 nitrogen and oxygen atoms in total. The smallest absolute Gasteiger partial charge is 0.417 e. The largest absolute Gasteiger partial charge is 0.465 e. The van der Waals surface area contributed by atoms with Gasteiger partial charge in [-0.15, -0.1) is 0 Å². The van der Waals surface area contributed by atoms with E-state index in [1.807, 2.05) is 0 Å². The van der Waals surface area contributed by atoms with Crippen molar-refractivity contribution in [1.82, 2.24) is 4.98 Å². The minimum atomic E-state index is -0.707. The van der Waals surface area contributed by atoms with E-state index >= 15 is 0 Å². The summed E-state index contributed by atoms with van der Waals surface area (Å²) < 4.78 is 9.71. The van der Waals surface area contributed by atoms with Gasteiger partial charge in [-0.1, -0.05) is 6.07 Å². The number of H-pyrrole nitrogens is 1. The molecular weight excluding hydrogens is 236 g/mol. The highest BCUT2D eigenvalue weighted by atomic mass is 16.5. The molecule has 2 rings (SSSR count). The summed E-state index contributed by atoms with van der Waals surface area (Å²) in [5.41, 5.74) is 7.62. The van der Waals surface area contributed by atoms with Crippen LogP contribution in [0.3, 0.4) is 0 Å². The van der Waals surface area contributed by atoms with E-state index in [9.17, 15) is 9.59 Å². The molecule has 0 spiro atoms. The van der Waals surface area contributed by atoms with Crippen LogP contribution in [0, 0.1) is 0 Å². The number of oxazole rings is 1. The second-order valence-electron chi connectivity index (χ2n) is 3.91. The molecule has 1 aromatic carbocycles. The van der Waals surface area contributed by atoms with Gasteiger partial charge in [0.05, 0.1) is 12.1 Å². The molecule has 0 saturated heterocycles. The molecule has 1 atom stereocenters. The third kappa shape index (κ3) is 2.60. The predicted molar refractivity (Wildman–Crippen MR) is 65.1 cm³/mol. The Bertz CT molecular complexity index is 614. The predicted octanol–water partition coefficient (Wildman–Crippen LogP) is 0.554. The Morgan fingerprint density at radius 2 is 2.33 bits per heavy atom. The summed E-state index contributed by atoms with van der Waals surface area (Å²) in [7, 11) is 0. The van der Waals surface area contributed by atoms with Crippen molar-refractivity contribution in [2.45, 2.75) is 19.4 Å². The number of esters is 1. The lowest BCUT2D eigenvalue weighted by molar-refractivity contribution is -0.144. The Hall–Kier alpha value is -2.08. The van der Waals surface area contributed by atoms with Gasteiger partial charge in [-0.05, 0) is 31.0 Å². The highest BCUT2D eigenvalue weighted by Gasteiger charge is 2.15. The fraction of sp³-hybridized carbons (Fsp3) is 0.333. The van der Waals surface area contributed by atoms with E-state index in [-0.39, 0.29) is 0 Å². The second-order valence-corrected chi connectivity index (χ2v) is 3.91. The number of ether oxygens (including phenoxy) is 1. The van der Waals surface area contributed by atoms with E-state index in [2.05, 4.69) is 4.98 Å². The van der Waals surface area contributed by atoms with Crippen LogP contribution in [0.4, 0.5) is 0 Å². The molecule has 0 bridgehead atoms. The van der Waals surface area contributed by atoms with Crippen LogP contribution < -0.4 is 11.5 Å². The van der Waals surface area contributed by atoms with Crippen LogP contribution in [-0.4, -0.2) is 23.6 Å². The van der Waals surface area contributed by atoms with E-state index in [0.717, 1.165) is 5.56 Å². The molecule has 6 heteroatoms. The van der Waals surface area contributed by atoms with Crippen LogP contribution in [0.2, 0.25) is 0 Å². The summed E-state index contributed by atoms with van der Waals surface area (Å²) in [5, 5.41) is 0. The first-order chi connectivity index (χ1) is 8.60. The van der Waals surface area contributed by atoms with Crippen LogP contribution in [0.5, 0.6) is 0 Å². The van der Waals surface area contributed by atoms with Crippen molar-refractivity contribution in [1.29, 1.82) is 0 Å². The van der Waals surface area contributed by atoms with Crippen LogP contribution in [0.15, 0.2) is 27.4 Å². The van der Waals surface area contributed by atoms with Crippen LogP contribution in [0.25, 0.3) is 11.1 Å². The van der Waals surface area contributed by atoms with Gasteiger partial charge in [0, 0.05) is 0 Å². The lowest BCUT2D eigenvalue weighted by Gasteiger charge is -2.10. The molecule has 1 heterocycles. The third-order valence-corrected chi connectivity index (χ3v) is 2.53. The highest BCUT2D eigenvalue weighted by molar-refractivity contribution is 5.77. The van der Waals surface area contributed by atoms with E-state index in [1.165, 1.54) is 0 Å². The molecule has 96 valence electrons. The normalized spacial score (nSPS) is 12.6. The average Bonchev–Trinajstić information content (AvgIpc) is 2.68. The minimum Gasteiger partial charge on any atom is -0.465 e. The summed E-state index contributed by atoms with van der Waals surface area (Å²) in [5.74, 6) is -0.935. The lowest BCUT2D eigenvalue weighted by Crippen LogP contribution is -2.34. The number of rotatable bonds is 4. The van der Waals surface area contributed by atoms with Crippen molar-refractivity contribution < 1.29 is 13.9 Å². The zero-order valence-corrected chi connectivity index (χ0v) is 9.93. The fourth-order valence-electron chi connectivity index (χ4n) is 1.71. The standard InChI is InChI=1S/C12H14N2O4/c1-2-17-11(15)8(13)5-7-3-4-10-9(6-7)14-12(16)18-10/h3-4,6,8H,2,5,13H2,1H3,(H,14,16). The SMILES string of the molecule is CCOC(=O)C(N)Cc1ccc2oc(=O)[nH]c2c1. The fourth-order valence-corrected chi connectivity index (χ4v) is 1.71. The van der Waals surface area contributed by atoms with Gasteiger partial charge in [0.2, 0.25) is 0 Å². The lowest BCUT2D eigenvalue weighted by atomic mass is 10.1. The van der Waals surface area contributed by atoms with Crippen molar-refractivity contribution in [3.05, 3.63) is 34.3 Å². The van der Waals surface area contributed by atoms with Gasteiger partial charge >= 0.3 is 11.7 Å². The number of aromatic amines is 1. The van der Waals surface area contributed by atoms with Crippen LogP contribution in [-0.2, 0) is 16.0 Å². The Morgan fingerprint density at radius 1 is 1.56 bits per heavy atom. The van der Waals surface area contributed by atoms with E-state index in [4.69, 9.17) is 14.9 Å². The molecule has 2 aromatic rings. The van der Waals surface area contributed by atoms with Crippen LogP contribution >= 0.6 is 0 Å². The van der Waals surface area contributed by atoms with Gasteiger partial charge in [0.1, 0.15) is 6.04 Å². The average molecular weight is 250 g/mol. The second kappa shape index (κ2) is 5.05. The van der Waals surface area contributed by atoms with Crippen molar-refractivity contribution in [2.24, 2.45) is 5.73 Å². The first kappa shape index (κ1) is 12.4. The molecule has 0 aliphatic heterocycles. The number of nitrogens with one attached hydrogen (secondary N) is 1. The van der Waals surface area contributed by atoms with Crippen LogP contribution in [0.1, 0.15) is 12.5 Å². The number of aromatic nitrogens is 1. The molecule has 1 unspecified atom stereocenters. The molecule has 0 saturated carbocycles. The molecule has 0 radical (unpaired) electrons. The molecular formula is C12H14N2O4. The summed E-state index contributed by atoms with van der Waals surface area (Å²) in [6.07, 6.45) is 0.349. The Labute approximate surface area is 103 Å². The van der Waals surface area contributed by atoms with Gasteiger partial charge in [-0.25, -0.2) is 4.79 Å². The molecule has 0 aliphatic rings. The van der Waals surface area contributed by atoms with Crippen molar-refractivity contribution in [2.75, 3.05) is 6.61 Å². The molecule has 1 aromatic heterocycles. The van der Waals surface area contributed by atoms with E-state index in [0.29, 0.717) is 24.1 Å². The number of carbonyl (C=O) groups is 1. The molecule has 3 N–H and O–H groups in total. The maximum Gasteiger partial charge on any atom is 0.417 e. The summed E-state index contributed by atoms with van der Waals surface area (Å²) in [6.45, 7) is 2.04. The number of benzene rings is 1. The number of carbonyl (C=O) groups excluding carboxylic acids is 1. The number of hydrogen-bond donors (Lipinski definition) is 2.